The number of benzene rings is 1. The molecule has 0 saturated heterocycles. The number of rotatable bonds is 5. The van der Waals surface area contributed by atoms with Crippen LogP contribution in [-0.2, 0) is 6.54 Å². The van der Waals surface area contributed by atoms with Gasteiger partial charge in [-0.2, -0.15) is 0 Å². The maximum atomic E-state index is 12.8. The molecule has 0 atom stereocenters. The van der Waals surface area contributed by atoms with Crippen molar-refractivity contribution in [3.63, 3.8) is 0 Å². The third kappa shape index (κ3) is 3.51. The number of nitrogens with zero attached hydrogens (tertiary/aromatic N) is 1. The first kappa shape index (κ1) is 12.1. The predicted octanol–water partition coefficient (Wildman–Crippen LogP) is 3.27. The quantitative estimate of drug-likeness (QED) is 0.893. The molecule has 3 nitrogen and oxygen atoms in total. The molecule has 1 aliphatic carbocycles. The maximum absolute atomic E-state index is 12.8. The van der Waals surface area contributed by atoms with Crippen LogP contribution in [0, 0.1) is 5.82 Å². The summed E-state index contributed by atoms with van der Waals surface area (Å²) in [5.74, 6) is 1.07. The molecule has 0 aliphatic heterocycles. The summed E-state index contributed by atoms with van der Waals surface area (Å²) >= 11 is 0. The highest BCUT2D eigenvalue weighted by molar-refractivity contribution is 5.31. The summed E-state index contributed by atoms with van der Waals surface area (Å²) in [7, 11) is 0. The Hall–Kier alpha value is -1.94. The van der Waals surface area contributed by atoms with Gasteiger partial charge in [0.25, 0.3) is 0 Å². The molecule has 1 saturated carbocycles. The van der Waals surface area contributed by atoms with Crippen LogP contribution in [0.1, 0.15) is 18.5 Å². The second-order valence-corrected chi connectivity index (χ2v) is 4.69. The van der Waals surface area contributed by atoms with Crippen LogP contribution in [0.15, 0.2) is 42.6 Å². The highest BCUT2D eigenvalue weighted by Gasteiger charge is 2.20. The zero-order valence-corrected chi connectivity index (χ0v) is 10.5. The summed E-state index contributed by atoms with van der Waals surface area (Å²) in [5.41, 5.74) is 0.950. The fourth-order valence-corrected chi connectivity index (χ4v) is 1.79. The van der Waals surface area contributed by atoms with E-state index >= 15 is 0 Å². The molecule has 1 N–H and O–H groups in total. The predicted molar refractivity (Wildman–Crippen MR) is 70.6 cm³/mol. The second kappa shape index (κ2) is 5.36. The Kier molecular flexibility index (Phi) is 3.42. The second-order valence-electron chi connectivity index (χ2n) is 4.69. The van der Waals surface area contributed by atoms with Gasteiger partial charge in [0, 0.05) is 24.8 Å². The van der Waals surface area contributed by atoms with E-state index in [0.29, 0.717) is 17.5 Å². The molecular formula is C15H15FN2O. The van der Waals surface area contributed by atoms with Crippen molar-refractivity contribution in [2.75, 3.05) is 0 Å². The molecule has 2 aromatic rings. The zero-order valence-electron chi connectivity index (χ0n) is 10.5. The number of aromatic nitrogens is 1. The molecule has 0 unspecified atom stereocenters. The molecule has 1 aliphatic rings. The lowest BCUT2D eigenvalue weighted by Crippen LogP contribution is -2.16. The van der Waals surface area contributed by atoms with Gasteiger partial charge in [0.05, 0.1) is 5.69 Å². The minimum Gasteiger partial charge on any atom is -0.457 e. The van der Waals surface area contributed by atoms with Gasteiger partial charge in [-0.3, -0.25) is 4.98 Å². The first-order valence-electron chi connectivity index (χ1n) is 6.41. The largest absolute Gasteiger partial charge is 0.457 e. The SMILES string of the molecule is Fc1ccc(Oc2ccnc(CNC3CC3)c2)cc1. The van der Waals surface area contributed by atoms with E-state index in [1.54, 1.807) is 24.4 Å². The van der Waals surface area contributed by atoms with E-state index in [1.807, 2.05) is 6.07 Å². The first-order chi connectivity index (χ1) is 9.29. The molecule has 3 rings (SSSR count). The van der Waals surface area contributed by atoms with Crippen molar-refractivity contribution >= 4 is 0 Å². The summed E-state index contributed by atoms with van der Waals surface area (Å²) in [4.78, 5) is 4.29. The van der Waals surface area contributed by atoms with E-state index in [2.05, 4.69) is 10.3 Å². The Bertz CT molecular complexity index is 552. The number of nitrogens with one attached hydrogen (secondary N) is 1. The third-order valence-electron chi connectivity index (χ3n) is 2.99. The van der Waals surface area contributed by atoms with E-state index in [0.717, 1.165) is 12.2 Å². The summed E-state index contributed by atoms with van der Waals surface area (Å²) in [6.07, 6.45) is 4.24. The molecule has 1 heterocycles. The van der Waals surface area contributed by atoms with E-state index in [1.165, 1.54) is 25.0 Å². The van der Waals surface area contributed by atoms with E-state index < -0.39 is 0 Å². The Morgan fingerprint density at radius 3 is 2.68 bits per heavy atom. The van der Waals surface area contributed by atoms with Crippen LogP contribution in [0.25, 0.3) is 0 Å². The first-order valence-corrected chi connectivity index (χ1v) is 6.41. The monoisotopic (exact) mass is 258 g/mol. The van der Waals surface area contributed by atoms with Crippen LogP contribution in [0.4, 0.5) is 4.39 Å². The summed E-state index contributed by atoms with van der Waals surface area (Å²) < 4.78 is 18.5. The highest BCUT2D eigenvalue weighted by atomic mass is 19.1. The molecule has 19 heavy (non-hydrogen) atoms. The van der Waals surface area contributed by atoms with Crippen molar-refractivity contribution in [2.24, 2.45) is 0 Å². The van der Waals surface area contributed by atoms with Gasteiger partial charge in [0.15, 0.2) is 0 Å². The molecule has 4 heteroatoms. The van der Waals surface area contributed by atoms with Gasteiger partial charge < -0.3 is 10.1 Å². The van der Waals surface area contributed by atoms with E-state index in [9.17, 15) is 4.39 Å². The average molecular weight is 258 g/mol. The van der Waals surface area contributed by atoms with Gasteiger partial charge in [-0.15, -0.1) is 0 Å². The van der Waals surface area contributed by atoms with Crippen molar-refractivity contribution in [1.82, 2.24) is 10.3 Å². The van der Waals surface area contributed by atoms with Crippen molar-refractivity contribution in [1.29, 1.82) is 0 Å². The van der Waals surface area contributed by atoms with Crippen molar-refractivity contribution in [3.05, 3.63) is 54.1 Å². The van der Waals surface area contributed by atoms with Crippen molar-refractivity contribution < 1.29 is 9.13 Å². The van der Waals surface area contributed by atoms with Gasteiger partial charge in [-0.25, -0.2) is 4.39 Å². The topological polar surface area (TPSA) is 34.1 Å². The number of halogens is 1. The standard InChI is InChI=1S/C15H15FN2O/c16-11-1-5-14(6-2-11)19-15-7-8-17-13(9-15)10-18-12-3-4-12/h1-2,5-9,12,18H,3-4,10H2. The van der Waals surface area contributed by atoms with E-state index in [4.69, 9.17) is 4.74 Å². The number of ether oxygens (including phenoxy) is 1. The Morgan fingerprint density at radius 1 is 1.16 bits per heavy atom. The molecular weight excluding hydrogens is 243 g/mol. The molecule has 1 fully saturated rings. The minimum atomic E-state index is -0.267. The number of hydrogen-bond acceptors (Lipinski definition) is 3. The third-order valence-corrected chi connectivity index (χ3v) is 2.99. The molecule has 98 valence electrons. The fourth-order valence-electron chi connectivity index (χ4n) is 1.79. The Balaban J connectivity index is 1.66. The van der Waals surface area contributed by atoms with Crippen LogP contribution in [0.3, 0.4) is 0 Å². The van der Waals surface area contributed by atoms with Gasteiger partial charge >= 0.3 is 0 Å². The molecule has 0 spiro atoms. The maximum Gasteiger partial charge on any atom is 0.130 e. The molecule has 1 aromatic heterocycles. The minimum absolute atomic E-state index is 0.267. The van der Waals surface area contributed by atoms with Crippen LogP contribution in [0.2, 0.25) is 0 Å². The molecule has 1 aromatic carbocycles. The molecule has 0 radical (unpaired) electrons. The summed E-state index contributed by atoms with van der Waals surface area (Å²) in [6, 6.07) is 10.3. The molecule has 0 amide bonds. The lowest BCUT2D eigenvalue weighted by atomic mass is 10.3. The van der Waals surface area contributed by atoms with Gasteiger partial charge in [0.2, 0.25) is 0 Å². The van der Waals surface area contributed by atoms with E-state index in [-0.39, 0.29) is 5.82 Å². The van der Waals surface area contributed by atoms with Crippen molar-refractivity contribution in [2.45, 2.75) is 25.4 Å². The Labute approximate surface area is 111 Å². The smallest absolute Gasteiger partial charge is 0.130 e. The highest BCUT2D eigenvalue weighted by Crippen LogP contribution is 2.22. The van der Waals surface area contributed by atoms with Crippen LogP contribution >= 0.6 is 0 Å². The average Bonchev–Trinajstić information content (AvgIpc) is 3.24. The number of pyridine rings is 1. The lowest BCUT2D eigenvalue weighted by molar-refractivity contribution is 0.478. The van der Waals surface area contributed by atoms with Crippen molar-refractivity contribution in [3.8, 4) is 11.5 Å². The van der Waals surface area contributed by atoms with Gasteiger partial charge in [0.1, 0.15) is 17.3 Å². The van der Waals surface area contributed by atoms with Crippen LogP contribution in [-0.4, -0.2) is 11.0 Å². The van der Waals surface area contributed by atoms with Crippen LogP contribution < -0.4 is 10.1 Å². The van der Waals surface area contributed by atoms with Gasteiger partial charge in [-0.1, -0.05) is 0 Å². The number of hydrogen-bond donors (Lipinski definition) is 1. The normalized spacial score (nSPS) is 14.4. The lowest BCUT2D eigenvalue weighted by Gasteiger charge is -2.07. The molecule has 0 bridgehead atoms. The summed E-state index contributed by atoms with van der Waals surface area (Å²) in [5, 5.41) is 3.40. The Morgan fingerprint density at radius 2 is 1.95 bits per heavy atom. The summed E-state index contributed by atoms with van der Waals surface area (Å²) in [6.45, 7) is 0.755. The van der Waals surface area contributed by atoms with Gasteiger partial charge in [-0.05, 0) is 43.2 Å². The zero-order chi connectivity index (χ0) is 13.1. The van der Waals surface area contributed by atoms with Crippen LogP contribution in [0.5, 0.6) is 11.5 Å². The fraction of sp³-hybridized carbons (Fsp3) is 0.267.